The zero-order valence-electron chi connectivity index (χ0n) is 73.6. The third-order valence-electron chi connectivity index (χ3n) is 27.9. The number of ether oxygens (including phenoxy) is 1. The van der Waals surface area contributed by atoms with Crippen molar-refractivity contribution in [1.82, 2.24) is 78.1 Å². The Morgan fingerprint density at radius 2 is 0.710 bits per heavy atom. The van der Waals surface area contributed by atoms with Crippen molar-refractivity contribution in [3.05, 3.63) is 149 Å². The highest BCUT2D eigenvalue weighted by Crippen LogP contribution is 2.42. The number of nitrogens with one attached hydrogen (secondary N) is 3. The SMILES string of the molecule is CC(C)Nc1nc(N2CCCC2)nc(N2CC3CC(C2)c2cccc(=O)n2C3)n1.CC1CCN(c2nc(N3CCC(C)CC3)nc(N3CC4CC(C3)c3cccc(=O)n3C4)n2)CC1.CCCNc1nc(N2CCCCC2)nc(N2CC3CC(C2)c2cccc(=O)n2C3)n1.COc1nc(NCCC2=CCCCC2)nc(N2CC3CC(C2)c2cccc(=O)n2C3)n1. The lowest BCUT2D eigenvalue weighted by atomic mass is 9.83. The van der Waals surface area contributed by atoms with Crippen molar-refractivity contribution in [2.75, 3.05) is 180 Å². The van der Waals surface area contributed by atoms with Gasteiger partial charge in [-0.2, -0.15) is 59.8 Å². The number of rotatable bonds is 18. The second kappa shape index (κ2) is 37.9. The molecule has 1 aliphatic carbocycles. The van der Waals surface area contributed by atoms with Gasteiger partial charge in [0.05, 0.1) is 7.11 Å². The molecule has 8 aromatic heterocycles. The molecular formula is C92H127N27O5. The Balaban J connectivity index is 0.000000113. The van der Waals surface area contributed by atoms with Crippen molar-refractivity contribution in [2.45, 2.75) is 213 Å². The molecular weight excluding hydrogens is 1560 g/mol. The van der Waals surface area contributed by atoms with E-state index < -0.39 is 0 Å². The van der Waals surface area contributed by atoms with Gasteiger partial charge in [0.2, 0.25) is 65.4 Å². The van der Waals surface area contributed by atoms with E-state index in [1.807, 2.05) is 42.5 Å². The minimum Gasteiger partial charge on any atom is -0.467 e. The van der Waals surface area contributed by atoms with E-state index in [1.54, 1.807) is 31.4 Å². The summed E-state index contributed by atoms with van der Waals surface area (Å²) in [6, 6.07) is 23.2. The minimum absolute atomic E-state index is 0.0991. The van der Waals surface area contributed by atoms with Crippen molar-refractivity contribution < 1.29 is 4.74 Å². The fraction of sp³-hybridized carbons (Fsp3) is 0.630. The number of methoxy groups -OCH3 is 1. The van der Waals surface area contributed by atoms with Crippen LogP contribution < -0.4 is 82.1 Å². The molecule has 0 radical (unpaired) electrons. The van der Waals surface area contributed by atoms with E-state index in [0.717, 1.165) is 259 Å². The highest BCUT2D eigenvalue weighted by molar-refractivity contribution is 5.51. The van der Waals surface area contributed by atoms with Crippen LogP contribution in [0, 0.1) is 35.5 Å². The minimum atomic E-state index is 0.0991. The summed E-state index contributed by atoms with van der Waals surface area (Å²) in [6.45, 7) is 30.7. The average Bonchev–Trinajstić information content (AvgIpc) is 0.851. The van der Waals surface area contributed by atoms with Crippen LogP contribution in [0.25, 0.3) is 0 Å². The summed E-state index contributed by atoms with van der Waals surface area (Å²) in [4.78, 5) is 125. The lowest BCUT2D eigenvalue weighted by Gasteiger charge is -2.43. The molecule has 0 spiro atoms. The van der Waals surface area contributed by atoms with E-state index in [0.29, 0.717) is 77.1 Å². The van der Waals surface area contributed by atoms with Crippen molar-refractivity contribution in [2.24, 2.45) is 35.5 Å². The Morgan fingerprint density at radius 3 is 1.08 bits per heavy atom. The van der Waals surface area contributed by atoms with Crippen LogP contribution in [0.2, 0.25) is 0 Å². The summed E-state index contributed by atoms with van der Waals surface area (Å²) in [5.74, 6) is 12.7. The summed E-state index contributed by atoms with van der Waals surface area (Å²) in [5, 5.41) is 10.1. The number of hydrogen-bond acceptors (Lipinski definition) is 28. The maximum Gasteiger partial charge on any atom is 0.322 e. The lowest BCUT2D eigenvalue weighted by molar-refractivity contribution is 0.279. The topological polar surface area (TPSA) is 314 Å². The molecule has 32 heteroatoms. The largest absolute Gasteiger partial charge is 0.467 e. The maximum atomic E-state index is 12.4. The van der Waals surface area contributed by atoms with Gasteiger partial charge in [0.1, 0.15) is 0 Å². The molecule has 21 rings (SSSR count). The number of pyridine rings is 4. The van der Waals surface area contributed by atoms with Gasteiger partial charge >= 0.3 is 6.01 Å². The molecule has 8 atom stereocenters. The molecule has 0 amide bonds. The Labute approximate surface area is 727 Å². The summed E-state index contributed by atoms with van der Waals surface area (Å²) < 4.78 is 13.2. The Kier molecular flexibility index (Phi) is 25.7. The predicted octanol–water partition coefficient (Wildman–Crippen LogP) is 10.6. The van der Waals surface area contributed by atoms with Crippen LogP contribution in [0.15, 0.2) is 104 Å². The maximum absolute atomic E-state index is 12.4. The van der Waals surface area contributed by atoms with Crippen molar-refractivity contribution in [3.8, 4) is 6.01 Å². The Morgan fingerprint density at radius 1 is 0.371 bits per heavy atom. The van der Waals surface area contributed by atoms with E-state index in [4.69, 9.17) is 54.6 Å². The van der Waals surface area contributed by atoms with Gasteiger partial charge in [0, 0.05) is 221 Å². The van der Waals surface area contributed by atoms with Gasteiger partial charge in [-0.15, -0.1) is 0 Å². The van der Waals surface area contributed by atoms with Crippen LogP contribution in [0.5, 0.6) is 6.01 Å². The first-order valence-corrected chi connectivity index (χ1v) is 46.8. The van der Waals surface area contributed by atoms with Crippen LogP contribution in [-0.4, -0.2) is 209 Å². The standard InChI is InChI=1S/C26H37N7O.C23H30N6O2.C22H31N7O.C21H29N7O/c1-18-6-10-30(11-7-18)24-27-25(31-12-8-19(2)9-13-31)29-26(28-24)32-15-20-14-21(17-32)22-4-3-5-23(34)33(22)16-20;1-31-23-26-21(24-11-10-16-6-3-2-4-7-16)25-22(27-23)28-13-17-12-18(15-28)19-8-5-9-20(30)29(19)14-17;1-2-9-23-20-24-21(27-10-4-3-5-11-27)26-22(25-20)28-13-16-12-17(15-28)18-7-6-8-19(30)29(18)14-16;1-14(2)22-19-23-20(26-8-3-4-9-26)25-21(24-19)27-11-15-10-16(13-27)17-6-5-7-18(29)28(17)12-15/h3-5,18-21H,6-17H2,1-2H3;5-6,8-9,17-18H,2-4,7,10-15H2,1H3,(H,24,25,26,27);6-8,16-17H,2-5,9-15H2,1H3,(H,23,24,25,26);5-7,14-16H,3-4,8-13H2,1-2H3,(H,22,23,24,25). The quantitative estimate of drug-likeness (QED) is 0.0672. The zero-order valence-corrected chi connectivity index (χ0v) is 73.6. The number of anilines is 11. The van der Waals surface area contributed by atoms with Gasteiger partial charge < -0.3 is 78.2 Å². The number of piperidine rings is 7. The molecule has 0 aromatic carbocycles. The Bertz CT molecular complexity index is 5280. The number of nitrogens with zero attached hydrogens (tertiary/aromatic N) is 24. The van der Waals surface area contributed by atoms with Crippen LogP contribution in [0.3, 0.4) is 0 Å². The van der Waals surface area contributed by atoms with Gasteiger partial charge in [-0.25, -0.2) is 0 Å². The lowest BCUT2D eigenvalue weighted by Crippen LogP contribution is -2.48. The smallest absolute Gasteiger partial charge is 0.322 e. The van der Waals surface area contributed by atoms with E-state index >= 15 is 0 Å². The first-order valence-electron chi connectivity index (χ1n) is 46.8. The van der Waals surface area contributed by atoms with Crippen molar-refractivity contribution in [1.29, 1.82) is 0 Å². The highest BCUT2D eigenvalue weighted by atomic mass is 16.5. The van der Waals surface area contributed by atoms with E-state index in [9.17, 15) is 19.2 Å². The van der Waals surface area contributed by atoms with Crippen LogP contribution in [0.1, 0.15) is 203 Å². The summed E-state index contributed by atoms with van der Waals surface area (Å²) in [7, 11) is 1.59. The third-order valence-corrected chi connectivity index (χ3v) is 27.9. The zero-order chi connectivity index (χ0) is 84.9. The van der Waals surface area contributed by atoms with Gasteiger partial charge in [-0.3, -0.25) is 19.2 Å². The summed E-state index contributed by atoms with van der Waals surface area (Å²) in [5.41, 5.74) is 6.57. The molecule has 8 aromatic rings. The first-order chi connectivity index (χ1) is 60.5. The van der Waals surface area contributed by atoms with Crippen LogP contribution >= 0.6 is 0 Å². The predicted molar refractivity (Wildman–Crippen MR) is 487 cm³/mol. The summed E-state index contributed by atoms with van der Waals surface area (Å²) in [6.07, 6.45) is 24.7. The fourth-order valence-electron chi connectivity index (χ4n) is 21.5. The third kappa shape index (κ3) is 19.3. The molecule has 124 heavy (non-hydrogen) atoms. The van der Waals surface area contributed by atoms with Crippen LogP contribution in [0.4, 0.5) is 65.4 Å². The van der Waals surface area contributed by atoms with Crippen LogP contribution in [-0.2, 0) is 26.2 Å². The second-order valence-electron chi connectivity index (χ2n) is 37.7. The number of hydrogen-bond donors (Lipinski definition) is 3. The molecule has 8 saturated heterocycles. The van der Waals surface area contributed by atoms with E-state index in [1.165, 1.54) is 89.0 Å². The Hall–Kier alpha value is -10.8. The average molecular weight is 1690 g/mol. The highest BCUT2D eigenvalue weighted by Gasteiger charge is 2.42. The molecule has 12 aliphatic heterocycles. The van der Waals surface area contributed by atoms with Crippen molar-refractivity contribution >= 4 is 65.4 Å². The van der Waals surface area contributed by atoms with Gasteiger partial charge in [0.15, 0.2) is 0 Å². The molecule has 8 fully saturated rings. The number of fused-ring (bicyclic) bond motifs is 16. The molecule has 13 aliphatic rings. The van der Waals surface area contributed by atoms with Gasteiger partial charge in [-0.05, 0) is 196 Å². The summed E-state index contributed by atoms with van der Waals surface area (Å²) >= 11 is 0. The molecule has 32 nitrogen and oxygen atoms in total. The number of allylic oxidation sites excluding steroid dienone is 1. The van der Waals surface area contributed by atoms with E-state index in [2.05, 4.69) is 130 Å². The van der Waals surface area contributed by atoms with Crippen molar-refractivity contribution in [3.63, 3.8) is 0 Å². The normalized spacial score (nSPS) is 23.8. The second-order valence-corrected chi connectivity index (χ2v) is 37.7. The molecule has 3 N–H and O–H groups in total. The van der Waals surface area contributed by atoms with E-state index in [-0.39, 0.29) is 28.3 Å². The van der Waals surface area contributed by atoms with Gasteiger partial charge in [0.25, 0.3) is 22.2 Å². The number of aromatic nitrogens is 16. The molecule has 0 saturated carbocycles. The fourth-order valence-corrected chi connectivity index (χ4v) is 21.5. The molecule has 20 heterocycles. The first kappa shape index (κ1) is 84.0. The molecule has 660 valence electrons. The van der Waals surface area contributed by atoms with Gasteiger partial charge in [-0.1, -0.05) is 56.7 Å². The monoisotopic (exact) mass is 1690 g/mol. The molecule has 8 bridgehead atoms. The molecule has 8 unspecified atom stereocenters.